The third-order valence-electron chi connectivity index (χ3n) is 7.15. The lowest BCUT2D eigenvalue weighted by Crippen LogP contribution is -2.32. The second kappa shape index (κ2) is 8.43. The van der Waals surface area contributed by atoms with Gasteiger partial charge in [-0.3, -0.25) is 4.98 Å². The Balaban J connectivity index is 1.52. The van der Waals surface area contributed by atoms with Crippen LogP contribution in [0.4, 0.5) is 11.4 Å². The van der Waals surface area contributed by atoms with Gasteiger partial charge in [0.25, 0.3) is 0 Å². The number of nitrogens with zero attached hydrogens (tertiary/aromatic N) is 3. The first-order valence-corrected chi connectivity index (χ1v) is 11.9. The lowest BCUT2D eigenvalue weighted by molar-refractivity contribution is 0.409. The average molecular weight is 436 g/mol. The van der Waals surface area contributed by atoms with Gasteiger partial charge in [-0.15, -0.1) is 0 Å². The van der Waals surface area contributed by atoms with Gasteiger partial charge in [0, 0.05) is 48.7 Å². The molecule has 3 aromatic carbocycles. The van der Waals surface area contributed by atoms with Crippen LogP contribution >= 0.6 is 0 Å². The third-order valence-corrected chi connectivity index (χ3v) is 7.15. The number of benzene rings is 3. The Hall–Kier alpha value is -3.53. The van der Waals surface area contributed by atoms with E-state index in [1.165, 1.54) is 46.4 Å². The van der Waals surface area contributed by atoms with Crippen LogP contribution < -0.4 is 14.5 Å². The molecular formula is C29H29N3O. The van der Waals surface area contributed by atoms with E-state index in [0.29, 0.717) is 6.04 Å². The molecule has 4 aromatic rings. The molecule has 0 spiro atoms. The van der Waals surface area contributed by atoms with E-state index in [1.807, 2.05) is 6.07 Å². The smallest absolute Gasteiger partial charge is 0.123 e. The minimum absolute atomic E-state index is 0.491. The van der Waals surface area contributed by atoms with Crippen LogP contribution in [0, 0.1) is 0 Å². The van der Waals surface area contributed by atoms with Crippen molar-refractivity contribution in [3.05, 3.63) is 95.7 Å². The van der Waals surface area contributed by atoms with Crippen molar-refractivity contribution < 1.29 is 4.74 Å². The van der Waals surface area contributed by atoms with E-state index in [0.717, 1.165) is 37.3 Å². The number of rotatable bonds is 3. The molecule has 4 heteroatoms. The molecule has 2 aliphatic heterocycles. The van der Waals surface area contributed by atoms with Crippen molar-refractivity contribution in [3.63, 3.8) is 0 Å². The van der Waals surface area contributed by atoms with Crippen molar-refractivity contribution in [1.82, 2.24) is 4.98 Å². The molecule has 1 atom stereocenters. The van der Waals surface area contributed by atoms with E-state index in [9.17, 15) is 0 Å². The van der Waals surface area contributed by atoms with Crippen LogP contribution in [-0.4, -0.2) is 24.7 Å². The standard InChI is InChI=1S/C29H29N3O/c1-33-29-15-7-3-10-22(29)19-31-20-23-17-21-9-2-4-12-25(21)30-26(23)18-24-11-8-16-32(24)28-14-6-5-13-27(28)31/h2-7,9-10,12-15,17,24H,8,11,16,18-20H2,1H3. The van der Waals surface area contributed by atoms with Gasteiger partial charge in [-0.2, -0.15) is 0 Å². The molecule has 166 valence electrons. The maximum absolute atomic E-state index is 5.70. The maximum Gasteiger partial charge on any atom is 0.123 e. The summed E-state index contributed by atoms with van der Waals surface area (Å²) in [4.78, 5) is 10.3. The van der Waals surface area contributed by atoms with Gasteiger partial charge >= 0.3 is 0 Å². The number of fused-ring (bicyclic) bond motifs is 5. The zero-order valence-electron chi connectivity index (χ0n) is 19.1. The minimum atomic E-state index is 0.491. The average Bonchev–Trinajstić information content (AvgIpc) is 3.32. The Morgan fingerprint density at radius 1 is 0.939 bits per heavy atom. The van der Waals surface area contributed by atoms with Crippen LogP contribution in [0.15, 0.2) is 78.9 Å². The Labute approximate surface area is 195 Å². The van der Waals surface area contributed by atoms with Crippen molar-refractivity contribution >= 4 is 22.3 Å². The summed E-state index contributed by atoms with van der Waals surface area (Å²) in [6.07, 6.45) is 3.44. The molecule has 2 aliphatic rings. The van der Waals surface area contributed by atoms with Gasteiger partial charge in [0.1, 0.15) is 5.75 Å². The summed E-state index contributed by atoms with van der Waals surface area (Å²) in [5.41, 5.74) is 7.48. The molecule has 1 unspecified atom stereocenters. The molecule has 3 heterocycles. The molecule has 0 amide bonds. The molecule has 6 rings (SSSR count). The fourth-order valence-electron chi connectivity index (χ4n) is 5.55. The Morgan fingerprint density at radius 3 is 2.64 bits per heavy atom. The summed E-state index contributed by atoms with van der Waals surface area (Å²) < 4.78 is 5.70. The molecule has 4 nitrogen and oxygen atoms in total. The summed E-state index contributed by atoms with van der Waals surface area (Å²) in [6, 6.07) is 28.6. The van der Waals surface area contributed by atoms with E-state index in [1.54, 1.807) is 7.11 Å². The fourth-order valence-corrected chi connectivity index (χ4v) is 5.55. The molecule has 0 bridgehead atoms. The number of methoxy groups -OCH3 is 1. The molecular weight excluding hydrogens is 406 g/mol. The van der Waals surface area contributed by atoms with Crippen LogP contribution in [-0.2, 0) is 19.5 Å². The predicted octanol–water partition coefficient (Wildman–Crippen LogP) is 5.98. The molecule has 1 saturated heterocycles. The number of aromatic nitrogens is 1. The minimum Gasteiger partial charge on any atom is -0.496 e. The highest BCUT2D eigenvalue weighted by Gasteiger charge is 2.31. The van der Waals surface area contributed by atoms with Crippen molar-refractivity contribution in [2.45, 2.75) is 38.4 Å². The van der Waals surface area contributed by atoms with Crippen molar-refractivity contribution in [2.24, 2.45) is 0 Å². The van der Waals surface area contributed by atoms with Gasteiger partial charge in [-0.05, 0) is 48.7 Å². The molecule has 0 aliphatic carbocycles. The summed E-state index contributed by atoms with van der Waals surface area (Å²) in [6.45, 7) is 2.71. The molecule has 1 fully saturated rings. The highest BCUT2D eigenvalue weighted by atomic mass is 16.5. The normalized spacial score (nSPS) is 17.5. The summed E-state index contributed by atoms with van der Waals surface area (Å²) in [5.74, 6) is 0.936. The Kier molecular flexibility index (Phi) is 5.14. The third kappa shape index (κ3) is 3.70. The molecule has 0 saturated carbocycles. The first-order valence-electron chi connectivity index (χ1n) is 11.9. The van der Waals surface area contributed by atoms with E-state index >= 15 is 0 Å². The topological polar surface area (TPSA) is 28.6 Å². The second-order valence-electron chi connectivity index (χ2n) is 9.14. The largest absolute Gasteiger partial charge is 0.496 e. The van der Waals surface area contributed by atoms with Crippen molar-refractivity contribution in [3.8, 4) is 5.75 Å². The monoisotopic (exact) mass is 435 g/mol. The molecule has 0 N–H and O–H groups in total. The Morgan fingerprint density at radius 2 is 1.73 bits per heavy atom. The highest BCUT2D eigenvalue weighted by molar-refractivity contribution is 5.80. The number of hydrogen-bond donors (Lipinski definition) is 0. The van der Waals surface area contributed by atoms with Crippen LogP contribution in [0.25, 0.3) is 10.9 Å². The van der Waals surface area contributed by atoms with Crippen LogP contribution in [0.2, 0.25) is 0 Å². The zero-order chi connectivity index (χ0) is 22.2. The summed E-state index contributed by atoms with van der Waals surface area (Å²) in [7, 11) is 1.76. The van der Waals surface area contributed by atoms with Crippen molar-refractivity contribution in [2.75, 3.05) is 23.5 Å². The summed E-state index contributed by atoms with van der Waals surface area (Å²) >= 11 is 0. The first-order chi connectivity index (χ1) is 16.3. The first kappa shape index (κ1) is 20.1. The van der Waals surface area contributed by atoms with Crippen LogP contribution in [0.3, 0.4) is 0 Å². The van der Waals surface area contributed by atoms with Crippen LogP contribution in [0.5, 0.6) is 5.75 Å². The summed E-state index contributed by atoms with van der Waals surface area (Å²) in [5, 5.41) is 1.21. The van der Waals surface area contributed by atoms with Gasteiger partial charge < -0.3 is 14.5 Å². The quantitative estimate of drug-likeness (QED) is 0.396. The van der Waals surface area contributed by atoms with Crippen LogP contribution in [0.1, 0.15) is 29.7 Å². The van der Waals surface area contributed by atoms with E-state index in [2.05, 4.69) is 82.6 Å². The lowest BCUT2D eigenvalue weighted by Gasteiger charge is -2.32. The lowest BCUT2D eigenvalue weighted by atomic mass is 10.0. The van der Waals surface area contributed by atoms with E-state index in [-0.39, 0.29) is 0 Å². The SMILES string of the molecule is COc1ccccc1CN1Cc2cc3ccccc3nc2CC2CCCN2c2ccccc21. The molecule has 1 aromatic heterocycles. The van der Waals surface area contributed by atoms with Gasteiger partial charge in [0.2, 0.25) is 0 Å². The predicted molar refractivity (Wildman–Crippen MR) is 135 cm³/mol. The van der Waals surface area contributed by atoms with Gasteiger partial charge in [0.05, 0.1) is 24.0 Å². The van der Waals surface area contributed by atoms with Gasteiger partial charge in [0.15, 0.2) is 0 Å². The molecule has 0 radical (unpaired) electrons. The zero-order valence-corrected chi connectivity index (χ0v) is 19.1. The number of ether oxygens (including phenoxy) is 1. The number of hydrogen-bond acceptors (Lipinski definition) is 4. The van der Waals surface area contributed by atoms with E-state index in [4.69, 9.17) is 9.72 Å². The van der Waals surface area contributed by atoms with Crippen molar-refractivity contribution in [1.29, 1.82) is 0 Å². The van der Waals surface area contributed by atoms with Gasteiger partial charge in [-0.1, -0.05) is 48.5 Å². The van der Waals surface area contributed by atoms with E-state index < -0.39 is 0 Å². The maximum atomic E-state index is 5.70. The van der Waals surface area contributed by atoms with Gasteiger partial charge in [-0.25, -0.2) is 0 Å². The number of anilines is 2. The fraction of sp³-hybridized carbons (Fsp3) is 0.276. The highest BCUT2D eigenvalue weighted by Crippen LogP contribution is 2.39. The Bertz CT molecular complexity index is 1300. The number of para-hydroxylation sites is 4. The molecule has 33 heavy (non-hydrogen) atoms. The number of pyridine rings is 1. The second-order valence-corrected chi connectivity index (χ2v) is 9.14.